The molecule has 0 radical (unpaired) electrons. The lowest BCUT2D eigenvalue weighted by atomic mass is 9.93. The second-order valence-corrected chi connectivity index (χ2v) is 7.81. The summed E-state index contributed by atoms with van der Waals surface area (Å²) in [6.45, 7) is 9.76. The second kappa shape index (κ2) is 7.31. The van der Waals surface area contributed by atoms with Crippen LogP contribution in [-0.4, -0.2) is 39.1 Å². The van der Waals surface area contributed by atoms with Gasteiger partial charge in [-0.2, -0.15) is 0 Å². The van der Waals surface area contributed by atoms with E-state index in [9.17, 15) is 4.79 Å². The summed E-state index contributed by atoms with van der Waals surface area (Å²) in [7, 11) is 0. The van der Waals surface area contributed by atoms with Crippen LogP contribution in [0.15, 0.2) is 41.5 Å². The molecule has 0 atom stereocenters. The van der Waals surface area contributed by atoms with Crippen LogP contribution in [0.1, 0.15) is 51.3 Å². The molecule has 1 fully saturated rings. The van der Waals surface area contributed by atoms with Crippen molar-refractivity contribution in [2.24, 2.45) is 0 Å². The van der Waals surface area contributed by atoms with Gasteiger partial charge in [0.05, 0.1) is 0 Å². The fourth-order valence-corrected chi connectivity index (χ4v) is 4.15. The predicted octanol–water partition coefficient (Wildman–Crippen LogP) is 4.17. The lowest BCUT2D eigenvalue weighted by molar-refractivity contribution is 0.221. The number of nitrogens with one attached hydrogen (secondary N) is 1. The van der Waals surface area contributed by atoms with E-state index in [2.05, 4.69) is 27.9 Å². The average Bonchev–Trinajstić information content (AvgIpc) is 3.12. The number of pyridine rings is 2. The van der Waals surface area contributed by atoms with Gasteiger partial charge in [0.1, 0.15) is 5.65 Å². The molecule has 5 heteroatoms. The molecular formula is C22H28N4O. The number of nitrogens with zero attached hydrogens (tertiary/aromatic N) is 3. The van der Waals surface area contributed by atoms with E-state index in [1.165, 1.54) is 18.5 Å². The highest BCUT2D eigenvalue weighted by Gasteiger charge is 2.22. The van der Waals surface area contributed by atoms with E-state index in [4.69, 9.17) is 0 Å². The summed E-state index contributed by atoms with van der Waals surface area (Å²) < 4.78 is 1.79. The van der Waals surface area contributed by atoms with Crippen molar-refractivity contribution in [2.45, 2.75) is 45.6 Å². The monoisotopic (exact) mass is 364 g/mol. The molecule has 5 nitrogen and oxygen atoms in total. The molecule has 27 heavy (non-hydrogen) atoms. The van der Waals surface area contributed by atoms with Crippen molar-refractivity contribution >= 4 is 11.0 Å². The molecule has 0 bridgehead atoms. The van der Waals surface area contributed by atoms with E-state index >= 15 is 0 Å². The van der Waals surface area contributed by atoms with Gasteiger partial charge in [-0.05, 0) is 75.6 Å². The van der Waals surface area contributed by atoms with Crippen molar-refractivity contribution in [1.29, 1.82) is 0 Å². The fraction of sp³-hybridized carbons (Fsp3) is 0.455. The Hall–Kier alpha value is -2.40. The number of rotatable bonds is 4. The van der Waals surface area contributed by atoms with Crippen LogP contribution < -0.4 is 5.56 Å². The summed E-state index contributed by atoms with van der Waals surface area (Å²) in [5.41, 5.74) is 4.45. The summed E-state index contributed by atoms with van der Waals surface area (Å²) in [6, 6.07) is 8.04. The van der Waals surface area contributed by atoms with E-state index in [0.717, 1.165) is 41.8 Å². The van der Waals surface area contributed by atoms with Gasteiger partial charge in [-0.3, -0.25) is 4.79 Å². The summed E-state index contributed by atoms with van der Waals surface area (Å²) in [4.78, 5) is 22.7. The zero-order valence-corrected chi connectivity index (χ0v) is 16.4. The quantitative estimate of drug-likeness (QED) is 0.756. The van der Waals surface area contributed by atoms with Crippen LogP contribution >= 0.6 is 0 Å². The van der Waals surface area contributed by atoms with Crippen LogP contribution in [0.5, 0.6) is 0 Å². The van der Waals surface area contributed by atoms with Crippen LogP contribution in [0.2, 0.25) is 0 Å². The minimum atomic E-state index is 0.0384. The molecule has 142 valence electrons. The highest BCUT2D eigenvalue weighted by atomic mass is 16.1. The van der Waals surface area contributed by atoms with Crippen molar-refractivity contribution in [2.75, 3.05) is 19.6 Å². The van der Waals surface area contributed by atoms with Crippen LogP contribution in [0.25, 0.3) is 22.2 Å². The highest BCUT2D eigenvalue weighted by Crippen LogP contribution is 2.33. The molecule has 3 aromatic heterocycles. The zero-order chi connectivity index (χ0) is 19.0. The molecule has 1 saturated heterocycles. The minimum Gasteiger partial charge on any atom is -0.343 e. The first-order chi connectivity index (χ1) is 13.1. The summed E-state index contributed by atoms with van der Waals surface area (Å²) in [5, 5.41) is 1.14. The van der Waals surface area contributed by atoms with Crippen LogP contribution in [0, 0.1) is 0 Å². The Morgan fingerprint density at radius 2 is 2.00 bits per heavy atom. The second-order valence-electron chi connectivity index (χ2n) is 7.81. The first-order valence-corrected chi connectivity index (χ1v) is 9.99. The predicted molar refractivity (Wildman–Crippen MR) is 110 cm³/mol. The highest BCUT2D eigenvalue weighted by molar-refractivity contribution is 5.93. The summed E-state index contributed by atoms with van der Waals surface area (Å²) in [6.07, 6.45) is 6.19. The Morgan fingerprint density at radius 1 is 1.22 bits per heavy atom. The van der Waals surface area contributed by atoms with Gasteiger partial charge in [0.2, 0.25) is 0 Å². The number of piperidine rings is 1. The third kappa shape index (κ3) is 3.44. The number of hydrogen-bond donors (Lipinski definition) is 1. The lowest BCUT2D eigenvalue weighted by Gasteiger charge is -2.30. The van der Waals surface area contributed by atoms with Gasteiger partial charge < -0.3 is 14.5 Å². The molecule has 1 N–H and O–H groups in total. The Labute approximate surface area is 160 Å². The molecule has 4 rings (SSSR count). The SMILES string of the molecule is CCN1CCC(c2cc3c(-c4ccc(=O)n(C(C)C)c4)ccnc3[nH]2)CC1. The molecule has 1 aliphatic heterocycles. The Morgan fingerprint density at radius 3 is 2.70 bits per heavy atom. The molecular weight excluding hydrogens is 336 g/mol. The number of H-pyrrole nitrogens is 1. The summed E-state index contributed by atoms with van der Waals surface area (Å²) >= 11 is 0. The standard InChI is InChI=1S/C22H28N4O/c1-4-25-11-8-16(9-12-25)20-13-19-18(7-10-23-22(19)24-20)17-5-6-21(27)26(14-17)15(2)3/h5-7,10,13-16H,4,8-9,11-12H2,1-3H3,(H,23,24). The molecule has 0 saturated carbocycles. The Bertz CT molecular complexity index is 993. The molecule has 0 spiro atoms. The number of aromatic nitrogens is 3. The van der Waals surface area contributed by atoms with E-state index < -0.39 is 0 Å². The van der Waals surface area contributed by atoms with Gasteiger partial charge in [0.15, 0.2) is 0 Å². The van der Waals surface area contributed by atoms with Crippen molar-refractivity contribution in [3.8, 4) is 11.1 Å². The van der Waals surface area contributed by atoms with Gasteiger partial charge >= 0.3 is 0 Å². The number of likely N-dealkylation sites (tertiary alicyclic amines) is 1. The fourth-order valence-electron chi connectivity index (χ4n) is 4.15. The maximum atomic E-state index is 12.1. The molecule has 0 amide bonds. The molecule has 0 aromatic carbocycles. The first kappa shape index (κ1) is 18.0. The molecule has 0 aliphatic carbocycles. The van der Waals surface area contributed by atoms with Crippen LogP contribution in [-0.2, 0) is 0 Å². The van der Waals surface area contributed by atoms with Crippen LogP contribution in [0.4, 0.5) is 0 Å². The Kier molecular flexibility index (Phi) is 4.87. The number of hydrogen-bond acceptors (Lipinski definition) is 3. The van der Waals surface area contributed by atoms with E-state index in [-0.39, 0.29) is 11.6 Å². The summed E-state index contributed by atoms with van der Waals surface area (Å²) in [5.74, 6) is 0.569. The number of aromatic amines is 1. The third-order valence-corrected chi connectivity index (χ3v) is 5.83. The van der Waals surface area contributed by atoms with Crippen molar-refractivity contribution in [3.63, 3.8) is 0 Å². The molecule has 1 aliphatic rings. The van der Waals surface area contributed by atoms with Gasteiger partial charge in [-0.1, -0.05) is 6.92 Å². The van der Waals surface area contributed by atoms with E-state index in [1.807, 2.05) is 38.4 Å². The normalized spacial score (nSPS) is 16.4. The van der Waals surface area contributed by atoms with E-state index in [1.54, 1.807) is 10.6 Å². The largest absolute Gasteiger partial charge is 0.343 e. The first-order valence-electron chi connectivity index (χ1n) is 9.99. The van der Waals surface area contributed by atoms with E-state index in [0.29, 0.717) is 5.92 Å². The number of fused-ring (bicyclic) bond motifs is 1. The molecule has 0 unspecified atom stereocenters. The van der Waals surface area contributed by atoms with Crippen molar-refractivity contribution in [3.05, 3.63) is 52.7 Å². The third-order valence-electron chi connectivity index (χ3n) is 5.83. The molecule has 3 aromatic rings. The Balaban J connectivity index is 1.72. The minimum absolute atomic E-state index is 0.0384. The smallest absolute Gasteiger partial charge is 0.250 e. The topological polar surface area (TPSA) is 53.9 Å². The van der Waals surface area contributed by atoms with Gasteiger partial charge in [-0.25, -0.2) is 4.98 Å². The van der Waals surface area contributed by atoms with Gasteiger partial charge in [-0.15, -0.1) is 0 Å². The lowest BCUT2D eigenvalue weighted by Crippen LogP contribution is -2.32. The maximum absolute atomic E-state index is 12.1. The van der Waals surface area contributed by atoms with Crippen LogP contribution in [0.3, 0.4) is 0 Å². The van der Waals surface area contributed by atoms with Crippen molar-refractivity contribution in [1.82, 2.24) is 19.4 Å². The molecule has 4 heterocycles. The average molecular weight is 364 g/mol. The van der Waals surface area contributed by atoms with Gasteiger partial charge in [0, 0.05) is 41.5 Å². The van der Waals surface area contributed by atoms with Crippen molar-refractivity contribution < 1.29 is 0 Å². The zero-order valence-electron chi connectivity index (χ0n) is 16.4. The maximum Gasteiger partial charge on any atom is 0.250 e. The van der Waals surface area contributed by atoms with Gasteiger partial charge in [0.25, 0.3) is 5.56 Å².